The first kappa shape index (κ1) is 19.9. The van der Waals surface area contributed by atoms with E-state index in [1.807, 2.05) is 0 Å². The molecule has 2 aromatic heterocycles. The minimum absolute atomic E-state index is 0.0256. The van der Waals surface area contributed by atoms with Gasteiger partial charge in [0.05, 0.1) is 28.0 Å². The summed E-state index contributed by atoms with van der Waals surface area (Å²) in [6.45, 7) is 0.0256. The zero-order valence-electron chi connectivity index (χ0n) is 15.4. The molecule has 0 saturated heterocycles. The average Bonchev–Trinajstić information content (AvgIpc) is 2.73. The molecule has 152 valence electrons. The largest absolute Gasteiger partial charge is 0.326 e. The topological polar surface area (TPSA) is 116 Å². The van der Waals surface area contributed by atoms with E-state index in [1.54, 1.807) is 48.8 Å². The van der Waals surface area contributed by atoms with Crippen molar-refractivity contribution in [1.82, 2.24) is 15.0 Å². The third-order valence-electron chi connectivity index (χ3n) is 4.46. The molecule has 0 aliphatic rings. The summed E-state index contributed by atoms with van der Waals surface area (Å²) in [6, 6.07) is 13.9. The van der Waals surface area contributed by atoms with Gasteiger partial charge in [0.25, 0.3) is 15.6 Å². The minimum atomic E-state index is -4.07. The van der Waals surface area contributed by atoms with Crippen molar-refractivity contribution < 1.29 is 8.42 Å². The Labute approximate surface area is 175 Å². The number of hydrogen-bond acceptors (Lipinski definition) is 5. The number of nitrogens with one attached hydrogen (secondary N) is 2. The van der Waals surface area contributed by atoms with Gasteiger partial charge in [0.15, 0.2) is 0 Å². The fraction of sp³-hybridized carbons (Fsp3) is 0.0500. The standard InChI is InChI=1S/C20H15ClN4O4S/c21-14-3-5-15(6-4-14)25(12-13-2-1-9-22-11-13)30(28,29)16-7-8-18-17(10-16)19(26)24-20(27)23-18/h1-11H,12H2,(H2,23,24,26,27). The Morgan fingerprint density at radius 3 is 2.47 bits per heavy atom. The van der Waals surface area contributed by atoms with Gasteiger partial charge in [-0.2, -0.15) is 0 Å². The molecule has 2 N–H and O–H groups in total. The van der Waals surface area contributed by atoms with Crippen molar-refractivity contribution in [3.63, 3.8) is 0 Å². The van der Waals surface area contributed by atoms with Crippen LogP contribution in [0.1, 0.15) is 5.56 Å². The van der Waals surface area contributed by atoms with Crippen LogP contribution in [0.3, 0.4) is 0 Å². The lowest BCUT2D eigenvalue weighted by atomic mass is 10.2. The van der Waals surface area contributed by atoms with Crippen LogP contribution in [0, 0.1) is 0 Å². The van der Waals surface area contributed by atoms with Gasteiger partial charge in [0, 0.05) is 17.4 Å². The average molecular weight is 443 g/mol. The summed E-state index contributed by atoms with van der Waals surface area (Å²) < 4.78 is 28.3. The van der Waals surface area contributed by atoms with Gasteiger partial charge in [-0.3, -0.25) is 19.1 Å². The molecule has 0 atom stereocenters. The van der Waals surface area contributed by atoms with Crippen molar-refractivity contribution in [2.24, 2.45) is 0 Å². The number of aromatic amines is 2. The summed E-state index contributed by atoms with van der Waals surface area (Å²) in [5, 5.41) is 0.534. The highest BCUT2D eigenvalue weighted by molar-refractivity contribution is 7.92. The molecule has 2 heterocycles. The molecule has 0 fully saturated rings. The van der Waals surface area contributed by atoms with Crippen LogP contribution in [0.15, 0.2) is 81.5 Å². The first-order valence-electron chi connectivity index (χ1n) is 8.78. The van der Waals surface area contributed by atoms with Crippen LogP contribution in [0.2, 0.25) is 5.02 Å². The Morgan fingerprint density at radius 1 is 1.00 bits per heavy atom. The number of halogens is 1. The van der Waals surface area contributed by atoms with Crippen molar-refractivity contribution in [3.8, 4) is 0 Å². The van der Waals surface area contributed by atoms with E-state index in [9.17, 15) is 18.0 Å². The Kier molecular flexibility index (Phi) is 5.15. The third-order valence-corrected chi connectivity index (χ3v) is 6.48. The highest BCUT2D eigenvalue weighted by atomic mass is 35.5. The fourth-order valence-corrected chi connectivity index (χ4v) is 4.62. The molecular weight excluding hydrogens is 428 g/mol. The van der Waals surface area contributed by atoms with Crippen LogP contribution >= 0.6 is 11.6 Å². The van der Waals surface area contributed by atoms with E-state index in [4.69, 9.17) is 11.6 Å². The SMILES string of the molecule is O=c1[nH]c(=O)c2cc(S(=O)(=O)N(Cc3cccnc3)c3ccc(Cl)cc3)ccc2[nH]1. The van der Waals surface area contributed by atoms with Crippen LogP contribution in [0.4, 0.5) is 5.69 Å². The molecule has 4 rings (SSSR count). The van der Waals surface area contributed by atoms with E-state index in [1.165, 1.54) is 22.5 Å². The molecule has 0 saturated carbocycles. The number of rotatable bonds is 5. The summed E-state index contributed by atoms with van der Waals surface area (Å²) in [5.41, 5.74) is -0.00991. The van der Waals surface area contributed by atoms with Crippen LogP contribution in [0.25, 0.3) is 10.9 Å². The number of nitrogens with zero attached hydrogens (tertiary/aromatic N) is 2. The van der Waals surface area contributed by atoms with Crippen LogP contribution in [-0.4, -0.2) is 23.4 Å². The zero-order valence-corrected chi connectivity index (χ0v) is 16.9. The number of aromatic nitrogens is 3. The maximum absolute atomic E-state index is 13.5. The number of fused-ring (bicyclic) bond motifs is 1. The number of sulfonamides is 1. The second kappa shape index (κ2) is 7.77. The highest BCUT2D eigenvalue weighted by Gasteiger charge is 2.26. The van der Waals surface area contributed by atoms with E-state index < -0.39 is 21.3 Å². The number of benzene rings is 2. The van der Waals surface area contributed by atoms with Gasteiger partial charge in [-0.25, -0.2) is 13.2 Å². The molecule has 30 heavy (non-hydrogen) atoms. The lowest BCUT2D eigenvalue weighted by Crippen LogP contribution is -2.31. The molecule has 4 aromatic rings. The first-order valence-corrected chi connectivity index (χ1v) is 10.6. The highest BCUT2D eigenvalue weighted by Crippen LogP contribution is 2.28. The molecule has 0 unspecified atom stereocenters. The summed E-state index contributed by atoms with van der Waals surface area (Å²) in [6.07, 6.45) is 3.18. The van der Waals surface area contributed by atoms with Gasteiger partial charge in [0.2, 0.25) is 0 Å². The number of anilines is 1. The van der Waals surface area contributed by atoms with Gasteiger partial charge >= 0.3 is 5.69 Å². The Morgan fingerprint density at radius 2 is 1.77 bits per heavy atom. The van der Waals surface area contributed by atoms with Crippen LogP contribution in [-0.2, 0) is 16.6 Å². The molecule has 8 nitrogen and oxygen atoms in total. The van der Waals surface area contributed by atoms with E-state index >= 15 is 0 Å². The van der Waals surface area contributed by atoms with Gasteiger partial charge in [-0.1, -0.05) is 17.7 Å². The Hall–Kier alpha value is -3.43. The first-order chi connectivity index (χ1) is 14.3. The third kappa shape index (κ3) is 3.85. The van der Waals surface area contributed by atoms with Gasteiger partial charge in [0.1, 0.15) is 0 Å². The summed E-state index contributed by atoms with van der Waals surface area (Å²) >= 11 is 5.96. The van der Waals surface area contributed by atoms with E-state index in [0.717, 1.165) is 0 Å². The molecule has 0 aliphatic heterocycles. The summed E-state index contributed by atoms with van der Waals surface area (Å²) in [7, 11) is -4.07. The molecule has 0 spiro atoms. The smallest absolute Gasteiger partial charge is 0.307 e. The lowest BCUT2D eigenvalue weighted by molar-refractivity contribution is 0.590. The predicted molar refractivity (Wildman–Crippen MR) is 114 cm³/mol. The van der Waals surface area contributed by atoms with Crippen molar-refractivity contribution in [2.45, 2.75) is 11.4 Å². The number of H-pyrrole nitrogens is 2. The Balaban J connectivity index is 1.86. The molecular formula is C20H15ClN4O4S. The van der Waals surface area contributed by atoms with E-state index in [2.05, 4.69) is 15.0 Å². The monoisotopic (exact) mass is 442 g/mol. The van der Waals surface area contributed by atoms with E-state index in [0.29, 0.717) is 16.3 Å². The molecule has 0 bridgehead atoms. The normalized spacial score (nSPS) is 11.5. The van der Waals surface area contributed by atoms with Crippen molar-refractivity contribution >= 4 is 38.2 Å². The number of pyridine rings is 1. The number of hydrogen-bond donors (Lipinski definition) is 2. The second-order valence-electron chi connectivity index (χ2n) is 6.47. The molecule has 0 amide bonds. The second-order valence-corrected chi connectivity index (χ2v) is 8.76. The van der Waals surface area contributed by atoms with Gasteiger partial charge < -0.3 is 4.98 Å². The maximum atomic E-state index is 13.5. The van der Waals surface area contributed by atoms with Crippen molar-refractivity contribution in [1.29, 1.82) is 0 Å². The summed E-state index contributed by atoms with van der Waals surface area (Å²) in [4.78, 5) is 32.1. The molecule has 10 heteroatoms. The van der Waals surface area contributed by atoms with Crippen LogP contribution in [0.5, 0.6) is 0 Å². The van der Waals surface area contributed by atoms with Crippen LogP contribution < -0.4 is 15.6 Å². The predicted octanol–water partition coefficient (Wildman–Crippen LogP) is 2.66. The molecule has 0 radical (unpaired) electrons. The van der Waals surface area contributed by atoms with E-state index in [-0.39, 0.29) is 22.3 Å². The molecule has 0 aliphatic carbocycles. The molecule has 2 aromatic carbocycles. The van der Waals surface area contributed by atoms with Gasteiger partial charge in [-0.05, 0) is 54.1 Å². The van der Waals surface area contributed by atoms with Crippen molar-refractivity contribution in [3.05, 3.63) is 98.4 Å². The Bertz CT molecular complexity index is 1430. The minimum Gasteiger partial charge on any atom is -0.307 e. The zero-order chi connectivity index (χ0) is 21.3. The quantitative estimate of drug-likeness (QED) is 0.493. The van der Waals surface area contributed by atoms with Crippen molar-refractivity contribution in [2.75, 3.05) is 4.31 Å². The van der Waals surface area contributed by atoms with Gasteiger partial charge in [-0.15, -0.1) is 0 Å². The lowest BCUT2D eigenvalue weighted by Gasteiger charge is -2.25. The maximum Gasteiger partial charge on any atom is 0.326 e. The summed E-state index contributed by atoms with van der Waals surface area (Å²) in [5.74, 6) is 0. The fourth-order valence-electron chi connectivity index (χ4n) is 3.01.